The number of rotatable bonds is 11. The van der Waals surface area contributed by atoms with Crippen molar-refractivity contribution in [2.45, 2.75) is 57.2 Å². The van der Waals surface area contributed by atoms with Crippen LogP contribution in [0, 0.1) is 6.92 Å². The lowest BCUT2D eigenvalue weighted by Crippen LogP contribution is -2.41. The van der Waals surface area contributed by atoms with Gasteiger partial charge < -0.3 is 57.2 Å². The van der Waals surface area contributed by atoms with E-state index in [0.29, 0.717) is 40.2 Å². The Hall–Kier alpha value is -7.64. The number of amides is 1. The van der Waals surface area contributed by atoms with Gasteiger partial charge in [-0.05, 0) is 37.6 Å². The Balaban J connectivity index is 0.000000201. The summed E-state index contributed by atoms with van der Waals surface area (Å²) < 4.78 is 6.54. The van der Waals surface area contributed by atoms with Gasteiger partial charge in [-0.3, -0.25) is 28.7 Å². The second-order valence-corrected chi connectivity index (χ2v) is 12.7. The van der Waals surface area contributed by atoms with Crippen molar-refractivity contribution in [3.05, 3.63) is 97.3 Å². The van der Waals surface area contributed by atoms with Gasteiger partial charge in [0.1, 0.15) is 18.4 Å². The topological polar surface area (TPSA) is 398 Å². The summed E-state index contributed by atoms with van der Waals surface area (Å²) in [5.41, 5.74) is 13.5. The quantitative estimate of drug-likeness (QED) is 0.0699. The van der Waals surface area contributed by atoms with E-state index in [1.54, 1.807) is 19.1 Å². The average Bonchev–Trinajstić information content (AvgIpc) is 3.84. The van der Waals surface area contributed by atoms with E-state index in [2.05, 4.69) is 55.5 Å². The van der Waals surface area contributed by atoms with Crippen LogP contribution in [0.1, 0.15) is 47.1 Å². The number of anilines is 3. The Labute approximate surface area is 329 Å². The molecule has 5 aromatic heterocycles. The van der Waals surface area contributed by atoms with Gasteiger partial charge in [0.25, 0.3) is 17.0 Å². The number of aliphatic hydroxyl groups excluding tert-OH is 2. The SMILES string of the molecule is Cc1cn([C@H]2C[C@H](O)[C@@H](CO)O2)c(=O)[nH]c1=O.Nc1nc(N)c2nc(CNc3ccc(C(=O)NC(CCC(=O)O)C(=O)O)cc3)cnc2n1.O=c1[nH]cnc2nc[nH]c12. The Kier molecular flexibility index (Phi) is 13.7. The summed E-state index contributed by atoms with van der Waals surface area (Å²) in [6.45, 7) is 1.56. The molecule has 310 valence electrons. The fourth-order valence-corrected chi connectivity index (χ4v) is 5.39. The highest BCUT2D eigenvalue weighted by molar-refractivity contribution is 5.97. The van der Waals surface area contributed by atoms with E-state index in [9.17, 15) is 33.9 Å². The summed E-state index contributed by atoms with van der Waals surface area (Å²) >= 11 is 0. The molecule has 13 N–H and O–H groups in total. The molecule has 1 amide bonds. The van der Waals surface area contributed by atoms with E-state index in [-0.39, 0.29) is 54.4 Å². The minimum absolute atomic E-state index is 0.0101. The third-order valence-electron chi connectivity index (χ3n) is 8.44. The Morgan fingerprint density at radius 2 is 1.69 bits per heavy atom. The molecule has 1 unspecified atom stereocenters. The number of nitrogen functional groups attached to an aromatic ring is 2. The zero-order valence-corrected chi connectivity index (χ0v) is 30.9. The van der Waals surface area contributed by atoms with Crippen molar-refractivity contribution in [3.63, 3.8) is 0 Å². The molecule has 0 bridgehead atoms. The number of aliphatic carboxylic acids is 2. The first-order valence-corrected chi connectivity index (χ1v) is 17.4. The molecule has 0 saturated carbocycles. The van der Waals surface area contributed by atoms with Crippen LogP contribution in [0.25, 0.3) is 22.3 Å². The monoisotopic (exact) mass is 818 g/mol. The van der Waals surface area contributed by atoms with Crippen LogP contribution in [0.5, 0.6) is 0 Å². The number of ether oxygens (including phenoxy) is 1. The molecule has 1 aromatic carbocycles. The number of nitrogens with one attached hydrogen (secondary N) is 5. The van der Waals surface area contributed by atoms with Crippen LogP contribution in [0.2, 0.25) is 0 Å². The highest BCUT2D eigenvalue weighted by Crippen LogP contribution is 2.27. The van der Waals surface area contributed by atoms with Gasteiger partial charge >= 0.3 is 17.6 Å². The number of fused-ring (bicyclic) bond motifs is 2. The molecule has 6 aromatic rings. The van der Waals surface area contributed by atoms with Crippen LogP contribution in [0.4, 0.5) is 17.5 Å². The zero-order valence-electron chi connectivity index (χ0n) is 30.9. The lowest BCUT2D eigenvalue weighted by Gasteiger charge is -2.14. The number of aryl methyl sites for hydroxylation is 1. The number of imidazole rings is 1. The standard InChI is InChI=1S/C19H20N8O5.C10H14N2O5.C5H4N4O/c20-15-14-16(27-19(21)26-15)23-8-11(24-14)7-22-10-3-1-9(2-4-10)17(30)25-12(18(31)32)5-6-13(28)29;1-5-3-12(10(16)11-9(5)15)8-2-6(14)7(4-13)17-8;10-5-3-4(7-1-6-3)8-2-9-5/h1-4,8,12,22H,5-7H2,(H,25,30)(H,28,29)(H,31,32)(H4,20,21,23,26,27);3,6-8,13-14H,2,4H2,1H3,(H,11,15,16);1-2H,(H2,6,7,8,9,10)/t;6-,7+,8+;/m.0./s1. The second kappa shape index (κ2) is 19.0. The number of hydrogen-bond donors (Lipinski definition) is 11. The molecule has 0 aliphatic carbocycles. The van der Waals surface area contributed by atoms with Crippen molar-refractivity contribution in [3.8, 4) is 0 Å². The molecule has 25 nitrogen and oxygen atoms in total. The maximum atomic E-state index is 12.3. The van der Waals surface area contributed by atoms with Crippen molar-refractivity contribution in [1.29, 1.82) is 0 Å². The van der Waals surface area contributed by atoms with Crippen LogP contribution in [-0.4, -0.2) is 113 Å². The fraction of sp³-hybridized carbons (Fsp3) is 0.294. The molecule has 6 heterocycles. The van der Waals surface area contributed by atoms with Crippen molar-refractivity contribution in [2.24, 2.45) is 0 Å². The molecule has 1 fully saturated rings. The Morgan fingerprint density at radius 3 is 2.34 bits per heavy atom. The third kappa shape index (κ3) is 11.0. The van der Waals surface area contributed by atoms with Gasteiger partial charge in [-0.15, -0.1) is 0 Å². The van der Waals surface area contributed by atoms with Crippen molar-refractivity contribution in [1.82, 2.24) is 54.7 Å². The number of hydrogen-bond acceptors (Lipinski definition) is 18. The Bertz CT molecular complexity index is 2630. The van der Waals surface area contributed by atoms with Crippen LogP contribution in [-0.2, 0) is 20.9 Å². The number of nitrogens with zero attached hydrogens (tertiary/aromatic N) is 7. The molecule has 4 atom stereocenters. The van der Waals surface area contributed by atoms with Crippen molar-refractivity contribution in [2.75, 3.05) is 23.4 Å². The zero-order chi connectivity index (χ0) is 42.8. The smallest absolute Gasteiger partial charge is 0.330 e. The molecule has 25 heteroatoms. The molecule has 7 rings (SSSR count). The van der Waals surface area contributed by atoms with E-state index in [1.807, 2.05) is 0 Å². The first-order chi connectivity index (χ1) is 28.1. The van der Waals surface area contributed by atoms with Gasteiger partial charge in [-0.2, -0.15) is 9.97 Å². The van der Waals surface area contributed by atoms with Crippen molar-refractivity contribution < 1.29 is 39.5 Å². The number of carbonyl (C=O) groups excluding carboxylic acids is 1. The number of carbonyl (C=O) groups is 3. The number of aromatic nitrogens is 10. The summed E-state index contributed by atoms with van der Waals surface area (Å²) in [7, 11) is 0. The molecular weight excluding hydrogens is 780 g/mol. The van der Waals surface area contributed by atoms with Gasteiger partial charge in [0.2, 0.25) is 5.95 Å². The molecule has 0 spiro atoms. The predicted octanol–water partition coefficient (Wildman–Crippen LogP) is -1.62. The minimum atomic E-state index is -1.30. The lowest BCUT2D eigenvalue weighted by molar-refractivity contribution is -0.140. The summed E-state index contributed by atoms with van der Waals surface area (Å²) in [6, 6.07) is 4.99. The van der Waals surface area contributed by atoms with Gasteiger partial charge in [-0.1, -0.05) is 0 Å². The molecular formula is C34H38N14O11. The molecule has 1 saturated heterocycles. The Morgan fingerprint density at radius 1 is 0.983 bits per heavy atom. The van der Waals surface area contributed by atoms with E-state index in [0.717, 1.165) is 0 Å². The summed E-state index contributed by atoms with van der Waals surface area (Å²) in [5.74, 6) is -2.93. The second-order valence-electron chi connectivity index (χ2n) is 12.7. The van der Waals surface area contributed by atoms with E-state index >= 15 is 0 Å². The summed E-state index contributed by atoms with van der Waals surface area (Å²) in [4.78, 5) is 99.0. The lowest BCUT2D eigenvalue weighted by atomic mass is 10.1. The van der Waals surface area contributed by atoms with Crippen LogP contribution < -0.4 is 38.9 Å². The maximum Gasteiger partial charge on any atom is 0.330 e. The summed E-state index contributed by atoms with van der Waals surface area (Å²) in [6.07, 6.45) is 3.11. The predicted molar refractivity (Wildman–Crippen MR) is 206 cm³/mol. The minimum Gasteiger partial charge on any atom is -0.481 e. The van der Waals surface area contributed by atoms with Crippen LogP contribution in [0.3, 0.4) is 0 Å². The number of carboxylic acids is 2. The van der Waals surface area contributed by atoms with Gasteiger partial charge in [0.15, 0.2) is 28.1 Å². The first kappa shape index (κ1) is 42.5. The number of benzene rings is 1. The number of carboxylic acid groups (broad SMARTS) is 2. The largest absolute Gasteiger partial charge is 0.481 e. The third-order valence-corrected chi connectivity index (χ3v) is 8.44. The maximum absolute atomic E-state index is 12.3. The van der Waals surface area contributed by atoms with Crippen LogP contribution in [0.15, 0.2) is 63.7 Å². The van der Waals surface area contributed by atoms with Gasteiger partial charge in [0, 0.05) is 35.9 Å². The van der Waals surface area contributed by atoms with Gasteiger partial charge in [-0.25, -0.2) is 29.5 Å². The normalized spacial score (nSPS) is 16.3. The number of aliphatic hydroxyl groups is 2. The highest BCUT2D eigenvalue weighted by atomic mass is 16.5. The first-order valence-electron chi connectivity index (χ1n) is 17.4. The highest BCUT2D eigenvalue weighted by Gasteiger charge is 2.35. The molecule has 59 heavy (non-hydrogen) atoms. The number of aromatic amines is 3. The van der Waals surface area contributed by atoms with E-state index < -0.39 is 53.6 Å². The number of H-pyrrole nitrogens is 3. The van der Waals surface area contributed by atoms with Crippen molar-refractivity contribution >= 4 is 57.6 Å². The molecule has 1 aliphatic rings. The fourth-order valence-electron chi connectivity index (χ4n) is 5.39. The van der Waals surface area contributed by atoms with Gasteiger partial charge in [0.05, 0.1) is 43.8 Å². The van der Waals surface area contributed by atoms with E-state index in [1.165, 1.54) is 41.7 Å². The van der Waals surface area contributed by atoms with Crippen LogP contribution >= 0.6 is 0 Å². The van der Waals surface area contributed by atoms with E-state index in [4.69, 9.17) is 31.5 Å². The molecule has 1 aliphatic heterocycles. The summed E-state index contributed by atoms with van der Waals surface area (Å²) in [5, 5.41) is 41.8. The number of nitrogens with two attached hydrogens (primary N) is 2. The average molecular weight is 819 g/mol. The molecule has 0 radical (unpaired) electrons.